The number of β-amino-alcohol motifs (C(OH)–C–C–N with tert-alkyl or cyclic N) is 1. The SMILES string of the molecule is Cc1cn2nc(N3CCN(CC(O)c4ccccc4)CC3)sc2n1. The molecule has 3 aromatic rings. The molecule has 1 unspecified atom stereocenters. The maximum atomic E-state index is 10.4. The zero-order valence-corrected chi connectivity index (χ0v) is 14.5. The molecule has 2 aromatic heterocycles. The van der Waals surface area contributed by atoms with Crippen LogP contribution >= 0.6 is 11.3 Å². The van der Waals surface area contributed by atoms with Gasteiger partial charge in [-0.1, -0.05) is 41.7 Å². The summed E-state index contributed by atoms with van der Waals surface area (Å²) in [7, 11) is 0. The molecular weight excluding hydrogens is 322 g/mol. The summed E-state index contributed by atoms with van der Waals surface area (Å²) in [4.78, 5) is 10.0. The Morgan fingerprint density at radius 2 is 1.92 bits per heavy atom. The van der Waals surface area contributed by atoms with Crippen LogP contribution in [-0.2, 0) is 0 Å². The average molecular weight is 343 g/mol. The second-order valence-electron chi connectivity index (χ2n) is 6.21. The molecule has 126 valence electrons. The van der Waals surface area contributed by atoms with Gasteiger partial charge in [-0.05, 0) is 12.5 Å². The lowest BCUT2D eigenvalue weighted by atomic mass is 10.1. The van der Waals surface area contributed by atoms with E-state index in [2.05, 4.69) is 19.9 Å². The number of rotatable bonds is 4. The van der Waals surface area contributed by atoms with Gasteiger partial charge in [-0.3, -0.25) is 4.90 Å². The number of aromatic nitrogens is 3. The van der Waals surface area contributed by atoms with E-state index in [1.165, 1.54) is 0 Å². The van der Waals surface area contributed by atoms with Crippen molar-refractivity contribution in [2.24, 2.45) is 0 Å². The monoisotopic (exact) mass is 343 g/mol. The van der Waals surface area contributed by atoms with Gasteiger partial charge in [-0.25, -0.2) is 9.50 Å². The quantitative estimate of drug-likeness (QED) is 0.785. The number of aliphatic hydroxyl groups excluding tert-OH is 1. The minimum atomic E-state index is -0.427. The number of nitrogens with zero attached hydrogens (tertiary/aromatic N) is 5. The molecule has 0 saturated carbocycles. The highest BCUT2D eigenvalue weighted by Gasteiger charge is 2.22. The summed E-state index contributed by atoms with van der Waals surface area (Å²) < 4.78 is 1.86. The van der Waals surface area contributed by atoms with Gasteiger partial charge < -0.3 is 10.0 Å². The normalized spacial score (nSPS) is 17.5. The Balaban J connectivity index is 1.35. The Morgan fingerprint density at radius 3 is 2.62 bits per heavy atom. The predicted molar refractivity (Wildman–Crippen MR) is 95.7 cm³/mol. The van der Waals surface area contributed by atoms with Crippen molar-refractivity contribution in [1.82, 2.24) is 19.5 Å². The molecule has 1 aliphatic rings. The van der Waals surface area contributed by atoms with Crippen LogP contribution in [0.2, 0.25) is 0 Å². The number of aryl methyl sites for hydroxylation is 1. The van der Waals surface area contributed by atoms with Gasteiger partial charge in [0.2, 0.25) is 10.1 Å². The van der Waals surface area contributed by atoms with Crippen molar-refractivity contribution in [3.8, 4) is 0 Å². The van der Waals surface area contributed by atoms with Gasteiger partial charge >= 0.3 is 0 Å². The lowest BCUT2D eigenvalue weighted by Gasteiger charge is -2.35. The van der Waals surface area contributed by atoms with Gasteiger partial charge in [0.15, 0.2) is 0 Å². The Morgan fingerprint density at radius 1 is 1.17 bits per heavy atom. The molecule has 0 amide bonds. The number of anilines is 1. The Kier molecular flexibility index (Phi) is 4.22. The lowest BCUT2D eigenvalue weighted by molar-refractivity contribution is 0.109. The van der Waals surface area contributed by atoms with Gasteiger partial charge in [0.25, 0.3) is 0 Å². The number of fused-ring (bicyclic) bond motifs is 1. The van der Waals surface area contributed by atoms with Crippen LogP contribution in [0.15, 0.2) is 36.5 Å². The molecule has 6 nitrogen and oxygen atoms in total. The molecule has 1 aliphatic heterocycles. The van der Waals surface area contributed by atoms with E-state index in [9.17, 15) is 5.11 Å². The summed E-state index contributed by atoms with van der Waals surface area (Å²) >= 11 is 1.64. The van der Waals surface area contributed by atoms with Gasteiger partial charge in [0.1, 0.15) is 0 Å². The summed E-state index contributed by atoms with van der Waals surface area (Å²) in [6.45, 7) is 6.39. The molecule has 1 saturated heterocycles. The third-order valence-corrected chi connectivity index (χ3v) is 5.39. The maximum Gasteiger partial charge on any atom is 0.214 e. The zero-order valence-electron chi connectivity index (χ0n) is 13.7. The fourth-order valence-corrected chi connectivity index (χ4v) is 4.05. The standard InChI is InChI=1S/C17H21N5OS/c1-13-11-22-16(18-13)24-17(19-22)21-9-7-20(8-10-21)12-15(23)14-5-3-2-4-6-14/h2-6,11,15,23H,7-10,12H2,1H3. The van der Waals surface area contributed by atoms with E-state index in [0.717, 1.165) is 47.5 Å². The van der Waals surface area contributed by atoms with E-state index >= 15 is 0 Å². The lowest BCUT2D eigenvalue weighted by Crippen LogP contribution is -2.47. The van der Waals surface area contributed by atoms with Gasteiger partial charge in [0, 0.05) is 32.7 Å². The highest BCUT2D eigenvalue weighted by molar-refractivity contribution is 7.20. The summed E-state index contributed by atoms with van der Waals surface area (Å²) in [5.74, 6) is 0. The van der Waals surface area contributed by atoms with Crippen molar-refractivity contribution in [1.29, 1.82) is 0 Å². The van der Waals surface area contributed by atoms with Gasteiger partial charge in [0.05, 0.1) is 18.0 Å². The average Bonchev–Trinajstić information content (AvgIpc) is 3.13. The highest BCUT2D eigenvalue weighted by atomic mass is 32.1. The van der Waals surface area contributed by atoms with Crippen LogP contribution in [-0.4, -0.2) is 57.3 Å². The Hall–Kier alpha value is -1.96. The van der Waals surface area contributed by atoms with Crippen molar-refractivity contribution in [2.75, 3.05) is 37.6 Å². The number of imidazole rings is 1. The number of hydrogen-bond donors (Lipinski definition) is 1. The minimum Gasteiger partial charge on any atom is -0.387 e. The van der Waals surface area contributed by atoms with Crippen LogP contribution in [0.3, 0.4) is 0 Å². The first-order chi connectivity index (χ1) is 11.7. The fraction of sp³-hybridized carbons (Fsp3) is 0.412. The van der Waals surface area contributed by atoms with Crippen molar-refractivity contribution >= 4 is 21.4 Å². The fourth-order valence-electron chi connectivity index (χ4n) is 3.07. The number of hydrogen-bond acceptors (Lipinski definition) is 6. The Labute approximate surface area is 145 Å². The number of benzene rings is 1. The Bertz CT molecular complexity index is 775. The van der Waals surface area contributed by atoms with Gasteiger partial charge in [-0.15, -0.1) is 5.10 Å². The van der Waals surface area contributed by atoms with Crippen molar-refractivity contribution < 1.29 is 5.11 Å². The second-order valence-corrected chi connectivity index (χ2v) is 7.14. The smallest absolute Gasteiger partial charge is 0.214 e. The molecule has 1 atom stereocenters. The van der Waals surface area contributed by atoms with Crippen molar-refractivity contribution in [3.63, 3.8) is 0 Å². The van der Waals surface area contributed by atoms with Crippen molar-refractivity contribution in [2.45, 2.75) is 13.0 Å². The van der Waals surface area contributed by atoms with E-state index in [0.29, 0.717) is 6.54 Å². The van der Waals surface area contributed by atoms with E-state index in [-0.39, 0.29) is 0 Å². The maximum absolute atomic E-state index is 10.4. The molecule has 1 fully saturated rings. The highest BCUT2D eigenvalue weighted by Crippen LogP contribution is 2.24. The topological polar surface area (TPSA) is 56.9 Å². The first kappa shape index (κ1) is 15.6. The van der Waals surface area contributed by atoms with E-state index in [4.69, 9.17) is 0 Å². The van der Waals surface area contributed by atoms with Crippen LogP contribution in [0, 0.1) is 6.92 Å². The molecule has 0 bridgehead atoms. The number of piperazine rings is 1. The molecule has 1 N–H and O–H groups in total. The van der Waals surface area contributed by atoms with Crippen LogP contribution < -0.4 is 4.90 Å². The first-order valence-electron chi connectivity index (χ1n) is 8.22. The van der Waals surface area contributed by atoms with E-state index in [1.807, 2.05) is 48.0 Å². The largest absolute Gasteiger partial charge is 0.387 e. The van der Waals surface area contributed by atoms with Crippen molar-refractivity contribution in [3.05, 3.63) is 47.8 Å². The summed E-state index contributed by atoms with van der Waals surface area (Å²) in [5, 5.41) is 16.0. The first-order valence-corrected chi connectivity index (χ1v) is 9.04. The molecule has 0 spiro atoms. The molecular formula is C17H21N5OS. The predicted octanol–water partition coefficient (Wildman–Crippen LogP) is 1.95. The minimum absolute atomic E-state index is 0.427. The summed E-state index contributed by atoms with van der Waals surface area (Å²) in [5.41, 5.74) is 1.98. The summed E-state index contributed by atoms with van der Waals surface area (Å²) in [6.07, 6.45) is 1.53. The molecule has 4 rings (SSSR count). The second kappa shape index (κ2) is 6.51. The molecule has 0 aliphatic carbocycles. The molecule has 1 aromatic carbocycles. The molecule has 24 heavy (non-hydrogen) atoms. The van der Waals surface area contributed by atoms with Crippen LogP contribution in [0.1, 0.15) is 17.4 Å². The molecule has 0 radical (unpaired) electrons. The molecule has 3 heterocycles. The number of aliphatic hydroxyl groups is 1. The van der Waals surface area contributed by atoms with E-state index < -0.39 is 6.10 Å². The van der Waals surface area contributed by atoms with Crippen LogP contribution in [0.5, 0.6) is 0 Å². The zero-order chi connectivity index (χ0) is 16.5. The third kappa shape index (κ3) is 3.15. The molecule has 7 heteroatoms. The summed E-state index contributed by atoms with van der Waals surface area (Å²) in [6, 6.07) is 9.87. The van der Waals surface area contributed by atoms with Crippen LogP contribution in [0.4, 0.5) is 5.13 Å². The van der Waals surface area contributed by atoms with Crippen LogP contribution in [0.25, 0.3) is 4.96 Å². The van der Waals surface area contributed by atoms with Gasteiger partial charge in [-0.2, -0.15) is 0 Å². The third-order valence-electron chi connectivity index (χ3n) is 4.41. The van der Waals surface area contributed by atoms with E-state index in [1.54, 1.807) is 11.3 Å².